The number of aryl methyl sites for hydroxylation is 1. The molecule has 9 heteroatoms. The highest BCUT2D eigenvalue weighted by Crippen LogP contribution is 2.28. The van der Waals surface area contributed by atoms with Crippen molar-refractivity contribution in [3.8, 4) is 11.5 Å². The van der Waals surface area contributed by atoms with E-state index in [1.807, 2.05) is 44.2 Å². The van der Waals surface area contributed by atoms with Crippen LogP contribution in [0.4, 0.5) is 0 Å². The van der Waals surface area contributed by atoms with E-state index in [9.17, 15) is 13.2 Å². The van der Waals surface area contributed by atoms with Gasteiger partial charge in [-0.15, -0.1) is 0 Å². The van der Waals surface area contributed by atoms with Gasteiger partial charge in [-0.05, 0) is 50.5 Å². The molecule has 0 aliphatic carbocycles. The van der Waals surface area contributed by atoms with Crippen molar-refractivity contribution in [2.45, 2.75) is 37.8 Å². The molecule has 0 unspecified atom stereocenters. The van der Waals surface area contributed by atoms with Crippen LogP contribution in [0.1, 0.15) is 37.1 Å². The first-order valence-corrected chi connectivity index (χ1v) is 11.8. The van der Waals surface area contributed by atoms with E-state index >= 15 is 0 Å². The molecule has 0 spiro atoms. The quantitative estimate of drug-likeness (QED) is 0.609. The van der Waals surface area contributed by atoms with E-state index in [0.717, 1.165) is 11.3 Å². The molecule has 1 aliphatic rings. The Labute approximate surface area is 181 Å². The third-order valence-corrected chi connectivity index (χ3v) is 7.39. The Morgan fingerprint density at radius 3 is 2.55 bits per heavy atom. The highest BCUT2D eigenvalue weighted by molar-refractivity contribution is 7.89. The first-order chi connectivity index (χ1) is 14.8. The van der Waals surface area contributed by atoms with Crippen LogP contribution in [0, 0.1) is 12.8 Å². The lowest BCUT2D eigenvalue weighted by Crippen LogP contribution is -2.43. The monoisotopic (exact) mass is 442 g/mol. The van der Waals surface area contributed by atoms with Crippen LogP contribution in [0.5, 0.6) is 0 Å². The summed E-state index contributed by atoms with van der Waals surface area (Å²) < 4.78 is 32.9. The molecule has 164 valence electrons. The second kappa shape index (κ2) is 8.68. The molecule has 0 bridgehead atoms. The predicted molar refractivity (Wildman–Crippen MR) is 116 cm³/mol. The second-order valence-electron chi connectivity index (χ2n) is 7.87. The van der Waals surface area contributed by atoms with Crippen molar-refractivity contribution in [3.05, 3.63) is 59.8 Å². The first-order valence-electron chi connectivity index (χ1n) is 10.3. The van der Waals surface area contributed by atoms with Gasteiger partial charge in [0.25, 0.3) is 10.0 Å². The molecular formula is C22H26N4O4S. The van der Waals surface area contributed by atoms with Gasteiger partial charge in [0, 0.05) is 24.7 Å². The van der Waals surface area contributed by atoms with Crippen molar-refractivity contribution in [3.63, 3.8) is 0 Å². The lowest BCUT2D eigenvalue weighted by atomic mass is 9.96. The van der Waals surface area contributed by atoms with Crippen molar-refractivity contribution in [1.82, 2.24) is 19.8 Å². The number of hydrogen-bond acceptors (Lipinski definition) is 5. The number of nitrogens with one attached hydrogen (secondary N) is 2. The molecule has 3 heterocycles. The van der Waals surface area contributed by atoms with Crippen LogP contribution < -0.4 is 5.32 Å². The zero-order chi connectivity index (χ0) is 22.0. The van der Waals surface area contributed by atoms with E-state index in [4.69, 9.17) is 4.42 Å². The molecule has 2 N–H and O–H groups in total. The highest BCUT2D eigenvalue weighted by atomic mass is 32.2. The minimum absolute atomic E-state index is 0.0393. The van der Waals surface area contributed by atoms with Gasteiger partial charge in [-0.2, -0.15) is 9.40 Å². The predicted octanol–water partition coefficient (Wildman–Crippen LogP) is 3.26. The number of aromatic nitrogens is 2. The summed E-state index contributed by atoms with van der Waals surface area (Å²) in [5.41, 5.74) is 2.45. The summed E-state index contributed by atoms with van der Waals surface area (Å²) in [6.45, 7) is 4.36. The molecule has 3 aromatic rings. The fourth-order valence-corrected chi connectivity index (χ4v) is 5.16. The topological polar surface area (TPSA) is 108 Å². The van der Waals surface area contributed by atoms with Gasteiger partial charge in [0.1, 0.15) is 5.69 Å². The number of hydrogen-bond donors (Lipinski definition) is 2. The number of sulfonamides is 1. The standard InChI is InChI=1S/C22H26N4O4S/c1-15-14-19(25-24-15)20-8-9-21(30-20)31(28,29)26-12-10-18(11-13-26)22(27)23-16(2)17-6-4-3-5-7-17/h3-9,14,16,18H,10-13H2,1-2H3,(H,23,27)(H,24,25)/t16-/m0/s1. The summed E-state index contributed by atoms with van der Waals surface area (Å²) >= 11 is 0. The number of rotatable bonds is 6. The molecule has 1 fully saturated rings. The summed E-state index contributed by atoms with van der Waals surface area (Å²) in [4.78, 5) is 12.7. The Morgan fingerprint density at radius 1 is 1.19 bits per heavy atom. The Kier molecular flexibility index (Phi) is 5.97. The maximum Gasteiger partial charge on any atom is 0.276 e. The van der Waals surface area contributed by atoms with Gasteiger partial charge in [0.2, 0.25) is 11.0 Å². The zero-order valence-corrected chi connectivity index (χ0v) is 18.4. The SMILES string of the molecule is Cc1cc(-c2ccc(S(=O)(=O)N3CCC(C(=O)N[C@@H](C)c4ccccc4)CC3)o2)n[nH]1. The van der Waals surface area contributed by atoms with Crippen molar-refractivity contribution < 1.29 is 17.6 Å². The van der Waals surface area contributed by atoms with E-state index in [1.54, 1.807) is 12.1 Å². The molecule has 4 rings (SSSR count). The largest absolute Gasteiger partial charge is 0.442 e. The summed E-state index contributed by atoms with van der Waals surface area (Å²) in [6, 6.07) is 14.5. The number of aromatic amines is 1. The minimum atomic E-state index is -3.76. The third kappa shape index (κ3) is 4.57. The average molecular weight is 443 g/mol. The van der Waals surface area contributed by atoms with Crippen LogP contribution in [-0.2, 0) is 14.8 Å². The van der Waals surface area contributed by atoms with Crippen LogP contribution in [0.2, 0.25) is 0 Å². The van der Waals surface area contributed by atoms with E-state index in [-0.39, 0.29) is 36.0 Å². The summed E-state index contributed by atoms with van der Waals surface area (Å²) in [7, 11) is -3.76. The van der Waals surface area contributed by atoms with Gasteiger partial charge in [-0.1, -0.05) is 30.3 Å². The van der Waals surface area contributed by atoms with Gasteiger partial charge in [0.15, 0.2) is 5.76 Å². The Balaban J connectivity index is 1.37. The minimum Gasteiger partial charge on any atom is -0.442 e. The molecule has 1 saturated heterocycles. The smallest absolute Gasteiger partial charge is 0.276 e. The number of piperidine rings is 1. The lowest BCUT2D eigenvalue weighted by Gasteiger charge is -2.30. The Hall–Kier alpha value is -2.91. The van der Waals surface area contributed by atoms with Crippen molar-refractivity contribution >= 4 is 15.9 Å². The fourth-order valence-electron chi connectivity index (χ4n) is 3.78. The number of furan rings is 1. The van der Waals surface area contributed by atoms with Gasteiger partial charge < -0.3 is 9.73 Å². The van der Waals surface area contributed by atoms with Crippen molar-refractivity contribution in [2.75, 3.05) is 13.1 Å². The van der Waals surface area contributed by atoms with Crippen molar-refractivity contribution in [1.29, 1.82) is 0 Å². The molecule has 1 aliphatic heterocycles. The molecule has 1 aromatic carbocycles. The van der Waals surface area contributed by atoms with Gasteiger partial charge >= 0.3 is 0 Å². The summed E-state index contributed by atoms with van der Waals surface area (Å²) in [6.07, 6.45) is 0.942. The summed E-state index contributed by atoms with van der Waals surface area (Å²) in [5.74, 6) is 0.145. The average Bonchev–Trinajstić information content (AvgIpc) is 3.44. The normalized spacial score (nSPS) is 16.8. The lowest BCUT2D eigenvalue weighted by molar-refractivity contribution is -0.126. The van der Waals surface area contributed by atoms with E-state index in [1.165, 1.54) is 10.4 Å². The zero-order valence-electron chi connectivity index (χ0n) is 17.5. The highest BCUT2D eigenvalue weighted by Gasteiger charge is 2.34. The maximum atomic E-state index is 13.0. The third-order valence-electron chi connectivity index (χ3n) is 5.62. The Bertz CT molecular complexity index is 1150. The molecule has 2 aromatic heterocycles. The second-order valence-corrected chi connectivity index (χ2v) is 9.74. The van der Waals surface area contributed by atoms with Crippen molar-refractivity contribution in [2.24, 2.45) is 5.92 Å². The van der Waals surface area contributed by atoms with E-state index < -0.39 is 10.0 Å². The number of carbonyl (C=O) groups is 1. The summed E-state index contributed by atoms with van der Waals surface area (Å²) in [5, 5.41) is 9.84. The molecule has 1 atom stereocenters. The first kappa shape index (κ1) is 21.3. The van der Waals surface area contributed by atoms with Crippen LogP contribution >= 0.6 is 0 Å². The molecule has 0 radical (unpaired) electrons. The number of amides is 1. The number of nitrogens with zero attached hydrogens (tertiary/aromatic N) is 2. The Morgan fingerprint density at radius 2 is 1.90 bits per heavy atom. The van der Waals surface area contributed by atoms with Crippen LogP contribution in [0.25, 0.3) is 11.5 Å². The number of carbonyl (C=O) groups excluding carboxylic acids is 1. The van der Waals surface area contributed by atoms with Gasteiger partial charge in [-0.3, -0.25) is 9.89 Å². The van der Waals surface area contributed by atoms with Crippen LogP contribution in [0.3, 0.4) is 0 Å². The van der Waals surface area contributed by atoms with Gasteiger partial charge in [0.05, 0.1) is 6.04 Å². The molecular weight excluding hydrogens is 416 g/mol. The van der Waals surface area contributed by atoms with Crippen LogP contribution in [-0.4, -0.2) is 41.9 Å². The molecule has 1 amide bonds. The van der Waals surface area contributed by atoms with Gasteiger partial charge in [-0.25, -0.2) is 8.42 Å². The fraction of sp³-hybridized carbons (Fsp3) is 0.364. The van der Waals surface area contributed by atoms with Crippen LogP contribution in [0.15, 0.2) is 58.0 Å². The van der Waals surface area contributed by atoms with E-state index in [2.05, 4.69) is 15.5 Å². The molecule has 0 saturated carbocycles. The number of H-pyrrole nitrogens is 1. The molecule has 31 heavy (non-hydrogen) atoms. The maximum absolute atomic E-state index is 13.0. The molecule has 8 nitrogen and oxygen atoms in total. The number of benzene rings is 1. The van der Waals surface area contributed by atoms with E-state index in [0.29, 0.717) is 24.3 Å².